The van der Waals surface area contributed by atoms with Gasteiger partial charge in [-0.1, -0.05) is 24.1 Å². The standard InChI is InChI=1S/C15H22O2/c1-9-4-6-12(8-11(3)15(16)17)14-10(2)5-7-13(9)14/h8-9,12-13H,4-7H2,1-3H3,(H,16,17)/t9-,12+,13-/m1/s1. The summed E-state index contributed by atoms with van der Waals surface area (Å²) in [5.74, 6) is 1.09. The molecule has 94 valence electrons. The van der Waals surface area contributed by atoms with Gasteiger partial charge in [-0.3, -0.25) is 0 Å². The van der Waals surface area contributed by atoms with Crippen LogP contribution < -0.4 is 0 Å². The molecule has 2 aliphatic rings. The summed E-state index contributed by atoms with van der Waals surface area (Å²) in [5.41, 5.74) is 3.57. The minimum absolute atomic E-state index is 0.384. The van der Waals surface area contributed by atoms with E-state index in [4.69, 9.17) is 5.11 Å². The molecule has 2 heteroatoms. The molecule has 2 aliphatic carbocycles. The van der Waals surface area contributed by atoms with Crippen LogP contribution in [0.3, 0.4) is 0 Å². The van der Waals surface area contributed by atoms with Gasteiger partial charge in [0.25, 0.3) is 0 Å². The van der Waals surface area contributed by atoms with Crippen LogP contribution in [0.5, 0.6) is 0 Å². The first-order chi connectivity index (χ1) is 8.00. The molecule has 0 unspecified atom stereocenters. The molecule has 2 rings (SSSR count). The van der Waals surface area contributed by atoms with Crippen molar-refractivity contribution in [3.8, 4) is 0 Å². The van der Waals surface area contributed by atoms with Crippen LogP contribution in [0.25, 0.3) is 0 Å². The molecule has 1 fully saturated rings. The normalized spacial score (nSPS) is 33.8. The molecule has 0 aromatic heterocycles. The molecule has 0 aromatic carbocycles. The van der Waals surface area contributed by atoms with Crippen LogP contribution in [-0.4, -0.2) is 11.1 Å². The lowest BCUT2D eigenvalue weighted by Gasteiger charge is -2.34. The summed E-state index contributed by atoms with van der Waals surface area (Å²) in [4.78, 5) is 10.9. The predicted octanol–water partition coefficient (Wildman–Crippen LogP) is 3.79. The Hall–Kier alpha value is -1.05. The van der Waals surface area contributed by atoms with Crippen molar-refractivity contribution < 1.29 is 9.90 Å². The minimum atomic E-state index is -0.781. The van der Waals surface area contributed by atoms with Gasteiger partial charge >= 0.3 is 5.97 Å². The van der Waals surface area contributed by atoms with E-state index < -0.39 is 5.97 Å². The number of carboxylic acid groups (broad SMARTS) is 1. The zero-order valence-corrected chi connectivity index (χ0v) is 11.0. The van der Waals surface area contributed by atoms with Gasteiger partial charge in [0.05, 0.1) is 0 Å². The van der Waals surface area contributed by atoms with Crippen molar-refractivity contribution in [1.82, 2.24) is 0 Å². The highest BCUT2D eigenvalue weighted by Gasteiger charge is 2.35. The van der Waals surface area contributed by atoms with Crippen molar-refractivity contribution in [3.63, 3.8) is 0 Å². The zero-order chi connectivity index (χ0) is 12.6. The number of fused-ring (bicyclic) bond motifs is 1. The highest BCUT2D eigenvalue weighted by atomic mass is 16.4. The molecule has 1 saturated carbocycles. The van der Waals surface area contributed by atoms with Gasteiger partial charge in [-0.15, -0.1) is 0 Å². The lowest BCUT2D eigenvalue weighted by Crippen LogP contribution is -2.23. The number of carbonyl (C=O) groups is 1. The third kappa shape index (κ3) is 2.31. The molecule has 3 atom stereocenters. The molecular formula is C15H22O2. The average molecular weight is 234 g/mol. The number of aliphatic carboxylic acids is 1. The maximum Gasteiger partial charge on any atom is 0.330 e. The summed E-state index contributed by atoms with van der Waals surface area (Å²) in [6.07, 6.45) is 6.81. The summed E-state index contributed by atoms with van der Waals surface area (Å²) < 4.78 is 0. The molecule has 2 nitrogen and oxygen atoms in total. The highest BCUT2D eigenvalue weighted by molar-refractivity contribution is 5.85. The third-order valence-corrected chi connectivity index (χ3v) is 4.53. The maximum absolute atomic E-state index is 10.9. The maximum atomic E-state index is 10.9. The largest absolute Gasteiger partial charge is 0.478 e. The van der Waals surface area contributed by atoms with Crippen LogP contribution in [0.1, 0.15) is 46.5 Å². The van der Waals surface area contributed by atoms with Crippen molar-refractivity contribution in [2.75, 3.05) is 0 Å². The van der Waals surface area contributed by atoms with E-state index in [-0.39, 0.29) is 0 Å². The molecule has 17 heavy (non-hydrogen) atoms. The Morgan fingerprint density at radius 1 is 1.35 bits per heavy atom. The molecule has 1 N–H and O–H groups in total. The molecule has 0 bridgehead atoms. The van der Waals surface area contributed by atoms with Gasteiger partial charge < -0.3 is 5.11 Å². The number of hydrogen-bond donors (Lipinski definition) is 1. The Labute approximate surface area is 103 Å². The van der Waals surface area contributed by atoms with Crippen molar-refractivity contribution >= 4 is 5.97 Å². The molecule has 0 amide bonds. The molecule has 0 aromatic rings. The molecular weight excluding hydrogens is 212 g/mol. The first kappa shape index (κ1) is 12.4. The average Bonchev–Trinajstić information content (AvgIpc) is 2.66. The Morgan fingerprint density at radius 2 is 2.06 bits per heavy atom. The van der Waals surface area contributed by atoms with Gasteiger partial charge in [0, 0.05) is 5.57 Å². The lowest BCUT2D eigenvalue weighted by molar-refractivity contribution is -0.132. The molecule has 0 saturated heterocycles. The number of allylic oxidation sites excluding steroid dienone is 3. The summed E-state index contributed by atoms with van der Waals surface area (Å²) in [6.45, 7) is 6.28. The number of rotatable bonds is 2. The number of carboxylic acids is 1. The topological polar surface area (TPSA) is 37.3 Å². The Morgan fingerprint density at radius 3 is 2.71 bits per heavy atom. The first-order valence-electron chi connectivity index (χ1n) is 6.62. The van der Waals surface area contributed by atoms with E-state index in [2.05, 4.69) is 13.8 Å². The SMILES string of the molecule is CC(=C[C@@H]1CC[C@@H](C)[C@H]2CCC(C)=C12)C(=O)O. The minimum Gasteiger partial charge on any atom is -0.478 e. The summed E-state index contributed by atoms with van der Waals surface area (Å²) in [7, 11) is 0. The third-order valence-electron chi connectivity index (χ3n) is 4.53. The second kappa shape index (κ2) is 4.67. The Kier molecular flexibility index (Phi) is 3.41. The fourth-order valence-corrected chi connectivity index (χ4v) is 3.52. The van der Waals surface area contributed by atoms with E-state index in [0.29, 0.717) is 17.4 Å². The summed E-state index contributed by atoms with van der Waals surface area (Å²) >= 11 is 0. The quantitative estimate of drug-likeness (QED) is 0.583. The van der Waals surface area contributed by atoms with Crippen LogP contribution in [0.15, 0.2) is 22.8 Å². The van der Waals surface area contributed by atoms with Gasteiger partial charge in [0.1, 0.15) is 0 Å². The van der Waals surface area contributed by atoms with Crippen LogP contribution in [0.4, 0.5) is 0 Å². The van der Waals surface area contributed by atoms with Gasteiger partial charge in [0.15, 0.2) is 0 Å². The van der Waals surface area contributed by atoms with Gasteiger partial charge in [-0.05, 0) is 57.3 Å². The van der Waals surface area contributed by atoms with E-state index >= 15 is 0 Å². The Bertz CT molecular complexity index is 390. The van der Waals surface area contributed by atoms with Gasteiger partial charge in [-0.25, -0.2) is 4.79 Å². The fourth-order valence-electron chi connectivity index (χ4n) is 3.52. The van der Waals surface area contributed by atoms with Crippen LogP contribution >= 0.6 is 0 Å². The second-order valence-electron chi connectivity index (χ2n) is 5.70. The van der Waals surface area contributed by atoms with E-state index in [9.17, 15) is 4.79 Å². The van der Waals surface area contributed by atoms with Crippen molar-refractivity contribution in [2.24, 2.45) is 17.8 Å². The number of hydrogen-bond acceptors (Lipinski definition) is 1. The molecule has 0 heterocycles. The van der Waals surface area contributed by atoms with Crippen LogP contribution in [0, 0.1) is 17.8 Å². The summed E-state index contributed by atoms with van der Waals surface area (Å²) in [6, 6.07) is 0. The molecule has 0 spiro atoms. The van der Waals surface area contributed by atoms with E-state index in [1.165, 1.54) is 24.8 Å². The predicted molar refractivity (Wildman–Crippen MR) is 68.7 cm³/mol. The smallest absolute Gasteiger partial charge is 0.330 e. The molecule has 0 radical (unpaired) electrons. The van der Waals surface area contributed by atoms with Crippen LogP contribution in [-0.2, 0) is 4.79 Å². The fraction of sp³-hybridized carbons (Fsp3) is 0.667. The van der Waals surface area contributed by atoms with Crippen molar-refractivity contribution in [1.29, 1.82) is 0 Å². The molecule has 0 aliphatic heterocycles. The van der Waals surface area contributed by atoms with E-state index in [0.717, 1.165) is 12.3 Å². The van der Waals surface area contributed by atoms with E-state index in [1.54, 1.807) is 12.5 Å². The monoisotopic (exact) mass is 234 g/mol. The Balaban J connectivity index is 2.27. The second-order valence-corrected chi connectivity index (χ2v) is 5.70. The van der Waals surface area contributed by atoms with Gasteiger partial charge in [0.2, 0.25) is 0 Å². The zero-order valence-electron chi connectivity index (χ0n) is 11.0. The van der Waals surface area contributed by atoms with E-state index in [1.807, 2.05) is 6.08 Å². The first-order valence-corrected chi connectivity index (χ1v) is 6.62. The van der Waals surface area contributed by atoms with Crippen molar-refractivity contribution in [3.05, 3.63) is 22.8 Å². The lowest BCUT2D eigenvalue weighted by atomic mass is 9.71. The van der Waals surface area contributed by atoms with Gasteiger partial charge in [-0.2, -0.15) is 0 Å². The highest BCUT2D eigenvalue weighted by Crippen LogP contribution is 2.48. The van der Waals surface area contributed by atoms with Crippen LogP contribution in [0.2, 0.25) is 0 Å². The van der Waals surface area contributed by atoms with Crippen molar-refractivity contribution in [2.45, 2.75) is 46.5 Å². The summed E-state index contributed by atoms with van der Waals surface area (Å²) in [5, 5.41) is 8.99.